The Labute approximate surface area is 103 Å². The lowest BCUT2D eigenvalue weighted by molar-refractivity contribution is -0.137. The molecule has 2 nitrogen and oxygen atoms in total. The second-order valence-corrected chi connectivity index (χ2v) is 5.05. The van der Waals surface area contributed by atoms with Gasteiger partial charge in [-0.1, -0.05) is 6.92 Å². The summed E-state index contributed by atoms with van der Waals surface area (Å²) in [5.41, 5.74) is -0.295. The van der Waals surface area contributed by atoms with Gasteiger partial charge in [0.2, 0.25) is 0 Å². The molecule has 1 aliphatic rings. The van der Waals surface area contributed by atoms with E-state index in [9.17, 15) is 18.3 Å². The number of phenolic OH excluding ortho intramolecular Hbond substituents is 1. The van der Waals surface area contributed by atoms with Crippen LogP contribution in [0.5, 0.6) is 5.75 Å². The Morgan fingerprint density at radius 1 is 1.39 bits per heavy atom. The van der Waals surface area contributed by atoms with Crippen molar-refractivity contribution in [2.24, 2.45) is 10.4 Å². The van der Waals surface area contributed by atoms with Crippen LogP contribution in [0, 0.1) is 5.41 Å². The quantitative estimate of drug-likeness (QED) is 0.824. The number of alkyl halides is 3. The van der Waals surface area contributed by atoms with Gasteiger partial charge in [-0.2, -0.15) is 13.2 Å². The summed E-state index contributed by atoms with van der Waals surface area (Å²) in [6.45, 7) is 2.75. The number of halogens is 3. The van der Waals surface area contributed by atoms with Gasteiger partial charge in [0.15, 0.2) is 0 Å². The zero-order chi connectivity index (χ0) is 13.4. The third-order valence-corrected chi connectivity index (χ3v) is 3.16. The first-order valence-electron chi connectivity index (χ1n) is 5.70. The van der Waals surface area contributed by atoms with E-state index in [1.807, 2.05) is 0 Å². The molecular weight excluding hydrogens is 243 g/mol. The Kier molecular flexibility index (Phi) is 3.09. The van der Waals surface area contributed by atoms with Gasteiger partial charge in [0.1, 0.15) is 5.75 Å². The van der Waals surface area contributed by atoms with E-state index in [-0.39, 0.29) is 5.41 Å². The minimum atomic E-state index is -4.44. The maximum atomic E-state index is 12.4. The Hall–Kier alpha value is -1.52. The molecule has 1 aliphatic carbocycles. The highest BCUT2D eigenvalue weighted by molar-refractivity contribution is 5.83. The molecule has 0 spiro atoms. The zero-order valence-electron chi connectivity index (χ0n) is 9.96. The second kappa shape index (κ2) is 4.30. The van der Waals surface area contributed by atoms with Crippen molar-refractivity contribution < 1.29 is 18.3 Å². The number of aliphatic imine (C=N–C) groups is 1. The Balaban J connectivity index is 2.10. The van der Waals surface area contributed by atoms with Crippen LogP contribution in [0.1, 0.15) is 30.9 Å². The topological polar surface area (TPSA) is 32.6 Å². The van der Waals surface area contributed by atoms with Crippen molar-refractivity contribution in [1.29, 1.82) is 0 Å². The minimum Gasteiger partial charge on any atom is -0.507 e. The van der Waals surface area contributed by atoms with Crippen LogP contribution in [-0.2, 0) is 6.18 Å². The van der Waals surface area contributed by atoms with E-state index in [0.29, 0.717) is 12.1 Å². The van der Waals surface area contributed by atoms with E-state index in [1.165, 1.54) is 12.3 Å². The van der Waals surface area contributed by atoms with Crippen LogP contribution < -0.4 is 0 Å². The summed E-state index contributed by atoms with van der Waals surface area (Å²) in [6.07, 6.45) is -0.750. The molecule has 0 heterocycles. The summed E-state index contributed by atoms with van der Waals surface area (Å²) in [5, 5.41) is 9.51. The average molecular weight is 257 g/mol. The molecule has 1 N–H and O–H groups in total. The third kappa shape index (κ3) is 3.03. The molecule has 1 fully saturated rings. The van der Waals surface area contributed by atoms with E-state index in [4.69, 9.17) is 0 Å². The molecule has 0 bridgehead atoms. The fourth-order valence-corrected chi connectivity index (χ4v) is 1.57. The molecule has 1 aromatic carbocycles. The summed E-state index contributed by atoms with van der Waals surface area (Å²) in [5.74, 6) is -0.394. The van der Waals surface area contributed by atoms with Crippen LogP contribution in [-0.4, -0.2) is 17.9 Å². The van der Waals surface area contributed by atoms with Gasteiger partial charge >= 0.3 is 6.18 Å². The van der Waals surface area contributed by atoms with Crippen molar-refractivity contribution in [1.82, 2.24) is 0 Å². The molecular formula is C13H14F3NO. The summed E-state index contributed by atoms with van der Waals surface area (Å²) in [6, 6.07) is 2.90. The Morgan fingerprint density at radius 2 is 2.06 bits per heavy atom. The Bertz CT molecular complexity index is 476. The summed E-state index contributed by atoms with van der Waals surface area (Å²) >= 11 is 0. The molecule has 1 aromatic rings. The first-order chi connectivity index (χ1) is 8.30. The van der Waals surface area contributed by atoms with Crippen molar-refractivity contribution in [3.8, 4) is 5.75 Å². The van der Waals surface area contributed by atoms with E-state index in [2.05, 4.69) is 11.9 Å². The number of aromatic hydroxyl groups is 1. The summed E-state index contributed by atoms with van der Waals surface area (Å²) in [4.78, 5) is 4.16. The van der Waals surface area contributed by atoms with Crippen molar-refractivity contribution in [2.75, 3.05) is 6.54 Å². The molecule has 0 aromatic heterocycles. The van der Waals surface area contributed by atoms with Crippen molar-refractivity contribution in [3.63, 3.8) is 0 Å². The highest BCUT2D eigenvalue weighted by Crippen LogP contribution is 2.45. The molecule has 0 amide bonds. The Morgan fingerprint density at radius 3 is 2.56 bits per heavy atom. The highest BCUT2D eigenvalue weighted by Gasteiger charge is 2.36. The van der Waals surface area contributed by atoms with E-state index >= 15 is 0 Å². The van der Waals surface area contributed by atoms with Gasteiger partial charge in [-0.3, -0.25) is 4.99 Å². The van der Waals surface area contributed by atoms with Gasteiger partial charge < -0.3 is 5.11 Å². The molecule has 0 atom stereocenters. The maximum absolute atomic E-state index is 12.4. The van der Waals surface area contributed by atoms with Crippen LogP contribution in [0.4, 0.5) is 13.2 Å². The fourth-order valence-electron chi connectivity index (χ4n) is 1.57. The SMILES string of the molecule is CC1(CN=Cc2ccc(C(F)(F)F)cc2O)CC1. The molecule has 0 unspecified atom stereocenters. The monoisotopic (exact) mass is 257 g/mol. The number of nitrogens with zero attached hydrogens (tertiary/aromatic N) is 1. The molecule has 0 saturated heterocycles. The van der Waals surface area contributed by atoms with Crippen molar-refractivity contribution in [3.05, 3.63) is 29.3 Å². The number of benzene rings is 1. The molecule has 2 rings (SSSR count). The molecule has 5 heteroatoms. The lowest BCUT2D eigenvalue weighted by Crippen LogP contribution is -2.05. The van der Waals surface area contributed by atoms with Crippen LogP contribution in [0.2, 0.25) is 0 Å². The van der Waals surface area contributed by atoms with Gasteiger partial charge in [-0.05, 0) is 36.5 Å². The average Bonchev–Trinajstić information content (AvgIpc) is 2.98. The van der Waals surface area contributed by atoms with Crippen LogP contribution in [0.25, 0.3) is 0 Å². The standard InChI is InChI=1S/C13H14F3NO/c1-12(4-5-12)8-17-7-9-2-3-10(6-11(9)18)13(14,15)16/h2-3,6-7,18H,4-5,8H2,1H3. The number of hydrogen-bond donors (Lipinski definition) is 1. The van der Waals surface area contributed by atoms with Crippen molar-refractivity contribution >= 4 is 6.21 Å². The predicted molar refractivity (Wildman–Crippen MR) is 62.9 cm³/mol. The molecule has 1 saturated carbocycles. The lowest BCUT2D eigenvalue weighted by Gasteiger charge is -2.08. The third-order valence-electron chi connectivity index (χ3n) is 3.16. The number of hydrogen-bond acceptors (Lipinski definition) is 2. The molecule has 98 valence electrons. The molecule has 0 radical (unpaired) electrons. The predicted octanol–water partition coefficient (Wildman–Crippen LogP) is 3.63. The minimum absolute atomic E-state index is 0.248. The van der Waals surface area contributed by atoms with Gasteiger partial charge in [-0.25, -0.2) is 0 Å². The maximum Gasteiger partial charge on any atom is 0.416 e. The van der Waals surface area contributed by atoms with Gasteiger partial charge in [-0.15, -0.1) is 0 Å². The first kappa shape index (κ1) is 12.9. The lowest BCUT2D eigenvalue weighted by atomic mass is 10.1. The number of phenols is 1. The molecule has 18 heavy (non-hydrogen) atoms. The van der Waals surface area contributed by atoms with Crippen LogP contribution in [0.3, 0.4) is 0 Å². The van der Waals surface area contributed by atoms with E-state index in [1.54, 1.807) is 0 Å². The smallest absolute Gasteiger partial charge is 0.416 e. The van der Waals surface area contributed by atoms with E-state index < -0.39 is 17.5 Å². The normalized spacial score (nSPS) is 18.2. The summed E-state index contributed by atoms with van der Waals surface area (Å²) < 4.78 is 37.1. The van der Waals surface area contributed by atoms with Gasteiger partial charge in [0, 0.05) is 18.3 Å². The first-order valence-corrected chi connectivity index (χ1v) is 5.70. The second-order valence-electron chi connectivity index (χ2n) is 5.05. The highest BCUT2D eigenvalue weighted by atomic mass is 19.4. The fraction of sp³-hybridized carbons (Fsp3) is 0.462. The number of rotatable bonds is 3. The van der Waals surface area contributed by atoms with E-state index in [0.717, 1.165) is 25.0 Å². The summed E-state index contributed by atoms with van der Waals surface area (Å²) in [7, 11) is 0. The van der Waals surface area contributed by atoms with Gasteiger partial charge in [0.25, 0.3) is 0 Å². The van der Waals surface area contributed by atoms with Crippen LogP contribution in [0.15, 0.2) is 23.2 Å². The zero-order valence-corrected chi connectivity index (χ0v) is 9.96. The molecule has 0 aliphatic heterocycles. The van der Waals surface area contributed by atoms with Crippen molar-refractivity contribution in [2.45, 2.75) is 25.9 Å². The van der Waals surface area contributed by atoms with Crippen LogP contribution >= 0.6 is 0 Å². The largest absolute Gasteiger partial charge is 0.507 e. The van der Waals surface area contributed by atoms with Gasteiger partial charge in [0.05, 0.1) is 5.56 Å².